The van der Waals surface area contributed by atoms with E-state index in [4.69, 9.17) is 4.42 Å². The molecule has 1 unspecified atom stereocenters. The molecule has 0 fully saturated rings. The van der Waals surface area contributed by atoms with Gasteiger partial charge in [0.05, 0.1) is 6.04 Å². The van der Waals surface area contributed by atoms with E-state index >= 15 is 0 Å². The van der Waals surface area contributed by atoms with Crippen LogP contribution in [0.25, 0.3) is 0 Å². The van der Waals surface area contributed by atoms with Crippen LogP contribution >= 0.6 is 15.9 Å². The Morgan fingerprint density at radius 1 is 1.26 bits per heavy atom. The zero-order valence-electron chi connectivity index (χ0n) is 10.4. The summed E-state index contributed by atoms with van der Waals surface area (Å²) in [7, 11) is 0. The van der Waals surface area contributed by atoms with Gasteiger partial charge < -0.3 is 9.73 Å². The van der Waals surface area contributed by atoms with E-state index in [0.717, 1.165) is 6.07 Å². The molecule has 1 heterocycles. The van der Waals surface area contributed by atoms with Crippen molar-refractivity contribution in [2.24, 2.45) is 0 Å². The van der Waals surface area contributed by atoms with Gasteiger partial charge in [-0.05, 0) is 52.7 Å². The largest absolute Gasteiger partial charge is 0.453 e. The Balaban J connectivity index is 2.23. The molecule has 5 heteroatoms. The molecule has 19 heavy (non-hydrogen) atoms. The average Bonchev–Trinajstić information content (AvgIpc) is 2.81. The number of halogens is 3. The van der Waals surface area contributed by atoms with Gasteiger partial charge in [-0.3, -0.25) is 0 Å². The number of hydrogen-bond acceptors (Lipinski definition) is 2. The molecule has 0 amide bonds. The van der Waals surface area contributed by atoms with Crippen molar-refractivity contribution in [3.63, 3.8) is 0 Å². The summed E-state index contributed by atoms with van der Waals surface area (Å²) in [4.78, 5) is 0. The minimum Gasteiger partial charge on any atom is -0.453 e. The van der Waals surface area contributed by atoms with E-state index < -0.39 is 11.6 Å². The summed E-state index contributed by atoms with van der Waals surface area (Å²) in [6.07, 6.45) is 0.331. The highest BCUT2D eigenvalue weighted by atomic mass is 79.9. The summed E-state index contributed by atoms with van der Waals surface area (Å²) >= 11 is 3.23. The van der Waals surface area contributed by atoms with Gasteiger partial charge in [0.1, 0.15) is 5.76 Å². The highest BCUT2D eigenvalue weighted by Crippen LogP contribution is 2.25. The average molecular weight is 330 g/mol. The first-order valence-corrected chi connectivity index (χ1v) is 6.82. The lowest BCUT2D eigenvalue weighted by molar-refractivity contribution is 0.399. The molecule has 1 aromatic carbocycles. The Labute approximate surface area is 118 Å². The maximum Gasteiger partial charge on any atom is 0.169 e. The fourth-order valence-corrected chi connectivity index (χ4v) is 2.28. The monoisotopic (exact) mass is 329 g/mol. The van der Waals surface area contributed by atoms with E-state index in [-0.39, 0.29) is 6.04 Å². The smallest absolute Gasteiger partial charge is 0.169 e. The molecule has 0 aliphatic carbocycles. The Morgan fingerprint density at radius 2 is 2.05 bits per heavy atom. The molecule has 1 atom stereocenters. The first-order valence-electron chi connectivity index (χ1n) is 6.03. The minimum absolute atomic E-state index is 0.187. The van der Waals surface area contributed by atoms with E-state index in [1.807, 2.05) is 13.0 Å². The van der Waals surface area contributed by atoms with Gasteiger partial charge in [-0.15, -0.1) is 0 Å². The summed E-state index contributed by atoms with van der Waals surface area (Å²) < 4.78 is 33.0. The van der Waals surface area contributed by atoms with E-state index in [2.05, 4.69) is 21.2 Å². The van der Waals surface area contributed by atoms with E-state index in [9.17, 15) is 8.78 Å². The summed E-state index contributed by atoms with van der Waals surface area (Å²) in [5, 5.41) is 3.20. The molecule has 102 valence electrons. The lowest BCUT2D eigenvalue weighted by Crippen LogP contribution is -2.23. The molecule has 0 spiro atoms. The molecular formula is C14H14BrF2NO. The van der Waals surface area contributed by atoms with Crippen LogP contribution in [0.15, 0.2) is 39.4 Å². The maximum absolute atomic E-state index is 13.7. The third-order valence-electron chi connectivity index (χ3n) is 2.84. The van der Waals surface area contributed by atoms with Gasteiger partial charge in [0.2, 0.25) is 0 Å². The molecule has 1 aromatic heterocycles. The second-order valence-electron chi connectivity index (χ2n) is 4.17. The quantitative estimate of drug-likeness (QED) is 0.888. The molecule has 0 saturated carbocycles. The summed E-state index contributed by atoms with van der Waals surface area (Å²) in [6, 6.07) is 7.61. The third kappa shape index (κ3) is 3.42. The molecule has 2 rings (SSSR count). The van der Waals surface area contributed by atoms with Gasteiger partial charge in [0, 0.05) is 0 Å². The summed E-state index contributed by atoms with van der Waals surface area (Å²) in [5.74, 6) is -0.929. The van der Waals surface area contributed by atoms with Crippen molar-refractivity contribution in [2.45, 2.75) is 19.4 Å². The zero-order valence-corrected chi connectivity index (χ0v) is 12.0. The second-order valence-corrected chi connectivity index (χ2v) is 4.95. The van der Waals surface area contributed by atoms with Gasteiger partial charge in [-0.2, -0.15) is 0 Å². The molecule has 1 N–H and O–H groups in total. The molecule has 2 aromatic rings. The van der Waals surface area contributed by atoms with E-state index in [0.29, 0.717) is 29.0 Å². The zero-order chi connectivity index (χ0) is 13.8. The molecule has 0 aliphatic rings. The van der Waals surface area contributed by atoms with Crippen LogP contribution in [0.5, 0.6) is 0 Å². The molecule has 2 nitrogen and oxygen atoms in total. The number of benzene rings is 1. The van der Waals surface area contributed by atoms with Crippen molar-refractivity contribution in [1.82, 2.24) is 5.32 Å². The Morgan fingerprint density at radius 3 is 2.68 bits per heavy atom. The van der Waals surface area contributed by atoms with Crippen LogP contribution in [0.3, 0.4) is 0 Å². The number of rotatable bonds is 5. The number of furan rings is 1. The number of nitrogens with one attached hydrogen (secondary N) is 1. The standard InChI is InChI=1S/C14H14BrF2NO/c1-2-18-11(12-6-7-13(15)19-12)8-9-4-3-5-10(16)14(9)17/h3-7,11,18H,2,8H2,1H3. The highest BCUT2D eigenvalue weighted by molar-refractivity contribution is 9.10. The lowest BCUT2D eigenvalue weighted by Gasteiger charge is -2.16. The Hall–Kier alpha value is -1.20. The molecular weight excluding hydrogens is 316 g/mol. The number of hydrogen-bond donors (Lipinski definition) is 1. The van der Waals surface area contributed by atoms with Crippen LogP contribution in [0.4, 0.5) is 8.78 Å². The van der Waals surface area contributed by atoms with Crippen molar-refractivity contribution in [1.29, 1.82) is 0 Å². The number of likely N-dealkylation sites (N-methyl/N-ethyl adjacent to an activating group) is 1. The SMILES string of the molecule is CCNC(Cc1cccc(F)c1F)c1ccc(Br)o1. The van der Waals surface area contributed by atoms with Crippen LogP contribution in [-0.2, 0) is 6.42 Å². The van der Waals surface area contributed by atoms with Crippen LogP contribution < -0.4 is 5.32 Å². The van der Waals surface area contributed by atoms with Gasteiger partial charge in [-0.25, -0.2) is 8.78 Å². The topological polar surface area (TPSA) is 25.2 Å². The Bertz CT molecular complexity index is 556. The van der Waals surface area contributed by atoms with E-state index in [1.165, 1.54) is 6.07 Å². The second kappa shape index (κ2) is 6.30. The van der Waals surface area contributed by atoms with Crippen LogP contribution in [0, 0.1) is 11.6 Å². The Kier molecular flexibility index (Phi) is 4.71. The summed E-state index contributed by atoms with van der Waals surface area (Å²) in [6.45, 7) is 2.66. The predicted molar refractivity (Wildman–Crippen MR) is 72.9 cm³/mol. The summed E-state index contributed by atoms with van der Waals surface area (Å²) in [5.41, 5.74) is 0.332. The van der Waals surface area contributed by atoms with Crippen LogP contribution in [0.1, 0.15) is 24.3 Å². The molecule has 0 radical (unpaired) electrons. The van der Waals surface area contributed by atoms with Gasteiger partial charge in [-0.1, -0.05) is 19.1 Å². The highest BCUT2D eigenvalue weighted by Gasteiger charge is 2.18. The van der Waals surface area contributed by atoms with Gasteiger partial charge in [0.15, 0.2) is 16.3 Å². The first-order chi connectivity index (χ1) is 9.11. The molecule has 0 bridgehead atoms. The third-order valence-corrected chi connectivity index (χ3v) is 3.27. The predicted octanol–water partition coefficient (Wildman–Crippen LogP) is 4.21. The van der Waals surface area contributed by atoms with Crippen molar-refractivity contribution >= 4 is 15.9 Å². The fourth-order valence-electron chi connectivity index (χ4n) is 1.96. The molecule has 0 aliphatic heterocycles. The van der Waals surface area contributed by atoms with Gasteiger partial charge >= 0.3 is 0 Å². The first kappa shape index (κ1) is 14.2. The van der Waals surface area contributed by atoms with Crippen LogP contribution in [0.2, 0.25) is 0 Å². The van der Waals surface area contributed by atoms with Crippen molar-refractivity contribution in [3.05, 3.63) is 58.0 Å². The minimum atomic E-state index is -0.826. The van der Waals surface area contributed by atoms with Crippen LogP contribution in [-0.4, -0.2) is 6.54 Å². The van der Waals surface area contributed by atoms with Gasteiger partial charge in [0.25, 0.3) is 0 Å². The van der Waals surface area contributed by atoms with E-state index in [1.54, 1.807) is 12.1 Å². The van der Waals surface area contributed by atoms with Crippen molar-refractivity contribution in [3.8, 4) is 0 Å². The fraction of sp³-hybridized carbons (Fsp3) is 0.286. The maximum atomic E-state index is 13.7. The molecule has 0 saturated heterocycles. The van der Waals surface area contributed by atoms with Crippen molar-refractivity contribution in [2.75, 3.05) is 6.54 Å². The lowest BCUT2D eigenvalue weighted by atomic mass is 10.0. The van der Waals surface area contributed by atoms with Crippen molar-refractivity contribution < 1.29 is 13.2 Å². The normalized spacial score (nSPS) is 12.6.